The van der Waals surface area contributed by atoms with Crippen molar-refractivity contribution in [2.75, 3.05) is 0 Å². The van der Waals surface area contributed by atoms with E-state index in [1.807, 2.05) is 13.0 Å². The van der Waals surface area contributed by atoms with Crippen molar-refractivity contribution in [2.45, 2.75) is 13.3 Å². The molecule has 0 saturated carbocycles. The second kappa shape index (κ2) is 6.61. The zero-order valence-electron chi connectivity index (χ0n) is 7.04. The van der Waals surface area contributed by atoms with Crippen molar-refractivity contribution in [2.24, 2.45) is 0 Å². The van der Waals surface area contributed by atoms with Gasteiger partial charge in [0.15, 0.2) is 0 Å². The zero-order chi connectivity index (χ0) is 7.56. The first-order chi connectivity index (χ1) is 4.74. The van der Waals surface area contributed by atoms with E-state index in [9.17, 15) is 0 Å². The minimum Gasteiger partial charge on any atom is -0.492 e. The molecule has 68 valence electrons. The van der Waals surface area contributed by atoms with E-state index in [2.05, 4.69) is 20.9 Å². The number of aromatic hydroxyl groups is 1. The maximum absolute atomic E-state index is 9.07. The van der Waals surface area contributed by atoms with Crippen LogP contribution >= 0.6 is 15.9 Å². The topological polar surface area (TPSA) is 33.1 Å². The van der Waals surface area contributed by atoms with Crippen LogP contribution in [0.4, 0.5) is 0 Å². The van der Waals surface area contributed by atoms with E-state index in [1.165, 1.54) is 0 Å². The summed E-state index contributed by atoms with van der Waals surface area (Å²) in [4.78, 5) is 3.90. The van der Waals surface area contributed by atoms with Crippen molar-refractivity contribution >= 4 is 15.9 Å². The molecule has 0 aliphatic rings. The third kappa shape index (κ3) is 3.68. The average Bonchev–Trinajstić information content (AvgIpc) is 1.95. The molecule has 0 aliphatic carbocycles. The first-order valence-corrected chi connectivity index (χ1v) is 3.87. The van der Waals surface area contributed by atoms with Gasteiger partial charge in [0.2, 0.25) is 5.88 Å². The fraction of sp³-hybridized carbons (Fsp3) is 0.250. The number of halogens is 1. The summed E-state index contributed by atoms with van der Waals surface area (Å²) in [5, 5.41) is 9.07. The largest absolute Gasteiger partial charge is 0.492 e. The molecule has 0 radical (unpaired) electrons. The van der Waals surface area contributed by atoms with E-state index >= 15 is 0 Å². The third-order valence-corrected chi connectivity index (χ3v) is 1.87. The van der Waals surface area contributed by atoms with Crippen LogP contribution in [0, 0.1) is 7.43 Å². The standard InChI is InChI=1S/C7H8BrNO.CH3.W/c1-2-5-3-4-6(8)7(10)9-5;;/h3-4H,2H2,1H3,(H,9,10);1H3;/q;-1;. The van der Waals surface area contributed by atoms with Gasteiger partial charge >= 0.3 is 0 Å². The Bertz CT molecular complexity index is 242. The SMILES string of the molecule is CCc1ccc(Br)c(O)n1.[CH3-].[W]. The van der Waals surface area contributed by atoms with Crippen LogP contribution in [0.25, 0.3) is 0 Å². The van der Waals surface area contributed by atoms with Crippen LogP contribution < -0.4 is 0 Å². The van der Waals surface area contributed by atoms with Gasteiger partial charge in [-0.15, -0.1) is 0 Å². The van der Waals surface area contributed by atoms with Crippen molar-refractivity contribution in [3.63, 3.8) is 0 Å². The summed E-state index contributed by atoms with van der Waals surface area (Å²) in [5.41, 5.74) is 0.903. The smallest absolute Gasteiger partial charge is 0.225 e. The molecule has 0 fully saturated rings. The minimum atomic E-state index is 0. The van der Waals surface area contributed by atoms with Gasteiger partial charge in [0.1, 0.15) is 0 Å². The molecule has 0 bridgehead atoms. The van der Waals surface area contributed by atoms with E-state index in [4.69, 9.17) is 5.11 Å². The Balaban J connectivity index is 0. The maximum Gasteiger partial charge on any atom is 0.225 e. The van der Waals surface area contributed by atoms with Gasteiger partial charge in [-0.3, -0.25) is 0 Å². The van der Waals surface area contributed by atoms with E-state index in [1.54, 1.807) is 6.07 Å². The average molecular weight is 401 g/mol. The quantitative estimate of drug-likeness (QED) is 0.735. The van der Waals surface area contributed by atoms with E-state index in [0.29, 0.717) is 4.47 Å². The van der Waals surface area contributed by atoms with Gasteiger partial charge in [-0.1, -0.05) is 6.92 Å². The molecule has 0 unspecified atom stereocenters. The predicted molar refractivity (Wildman–Crippen MR) is 49.4 cm³/mol. The second-order valence-corrected chi connectivity index (χ2v) is 2.82. The van der Waals surface area contributed by atoms with Crippen molar-refractivity contribution in [1.29, 1.82) is 0 Å². The summed E-state index contributed by atoms with van der Waals surface area (Å²) in [6.45, 7) is 2.00. The van der Waals surface area contributed by atoms with Crippen LogP contribution in [0.1, 0.15) is 12.6 Å². The van der Waals surface area contributed by atoms with Gasteiger partial charge in [-0.2, -0.15) is 0 Å². The molecule has 1 rings (SSSR count). The first kappa shape index (κ1) is 14.6. The van der Waals surface area contributed by atoms with Gasteiger partial charge in [0.25, 0.3) is 0 Å². The van der Waals surface area contributed by atoms with E-state index in [0.717, 1.165) is 12.1 Å². The number of hydrogen-bond donors (Lipinski definition) is 1. The van der Waals surface area contributed by atoms with Gasteiger partial charge in [0, 0.05) is 26.8 Å². The molecule has 4 heteroatoms. The van der Waals surface area contributed by atoms with Crippen LogP contribution in [0.5, 0.6) is 5.88 Å². The van der Waals surface area contributed by atoms with Crippen LogP contribution in [-0.4, -0.2) is 10.1 Å². The fourth-order valence-electron chi connectivity index (χ4n) is 0.667. The Kier molecular flexibility index (Phi) is 8.07. The van der Waals surface area contributed by atoms with Crippen molar-refractivity contribution in [3.05, 3.63) is 29.7 Å². The minimum absolute atomic E-state index is 0. The van der Waals surface area contributed by atoms with Crippen LogP contribution in [-0.2, 0) is 27.5 Å². The summed E-state index contributed by atoms with van der Waals surface area (Å²) in [5.74, 6) is 0.0688. The Morgan fingerprint density at radius 2 is 2.08 bits per heavy atom. The number of aryl methyl sites for hydroxylation is 1. The molecule has 1 aromatic rings. The summed E-state index contributed by atoms with van der Waals surface area (Å²) < 4.78 is 0.643. The third-order valence-electron chi connectivity index (χ3n) is 1.25. The number of rotatable bonds is 1. The predicted octanol–water partition coefficient (Wildman–Crippen LogP) is 2.56. The zero-order valence-corrected chi connectivity index (χ0v) is 11.6. The van der Waals surface area contributed by atoms with E-state index in [-0.39, 0.29) is 34.4 Å². The monoisotopic (exact) mass is 400 g/mol. The van der Waals surface area contributed by atoms with Crippen molar-refractivity contribution in [3.8, 4) is 5.88 Å². The molecule has 0 spiro atoms. The van der Waals surface area contributed by atoms with Crippen LogP contribution in [0.3, 0.4) is 0 Å². The molecule has 0 aliphatic heterocycles. The van der Waals surface area contributed by atoms with Crippen LogP contribution in [0.2, 0.25) is 0 Å². The first-order valence-electron chi connectivity index (χ1n) is 3.08. The fourth-order valence-corrected chi connectivity index (χ4v) is 0.888. The normalized spacial score (nSPS) is 8.17. The molecule has 0 saturated heterocycles. The van der Waals surface area contributed by atoms with Crippen molar-refractivity contribution < 1.29 is 26.2 Å². The summed E-state index contributed by atoms with van der Waals surface area (Å²) in [6.07, 6.45) is 0.848. The Hall–Kier alpha value is 0.118. The molecule has 1 heterocycles. The molecular formula is C8H11BrNOW-. The molecule has 1 aromatic heterocycles. The Morgan fingerprint density at radius 3 is 2.50 bits per heavy atom. The molecule has 0 atom stereocenters. The molecule has 12 heavy (non-hydrogen) atoms. The summed E-state index contributed by atoms with van der Waals surface area (Å²) in [7, 11) is 0. The summed E-state index contributed by atoms with van der Waals surface area (Å²) in [6, 6.07) is 3.67. The van der Waals surface area contributed by atoms with Gasteiger partial charge < -0.3 is 12.5 Å². The number of hydrogen-bond acceptors (Lipinski definition) is 2. The molecule has 2 nitrogen and oxygen atoms in total. The van der Waals surface area contributed by atoms with E-state index < -0.39 is 0 Å². The Labute approximate surface area is 95.8 Å². The summed E-state index contributed by atoms with van der Waals surface area (Å²) >= 11 is 3.15. The second-order valence-electron chi connectivity index (χ2n) is 1.96. The number of pyridine rings is 1. The van der Waals surface area contributed by atoms with Gasteiger partial charge in [-0.05, 0) is 34.5 Å². The molecule has 0 amide bonds. The van der Waals surface area contributed by atoms with Crippen LogP contribution in [0.15, 0.2) is 16.6 Å². The number of aromatic nitrogens is 1. The van der Waals surface area contributed by atoms with Crippen molar-refractivity contribution in [1.82, 2.24) is 4.98 Å². The number of nitrogens with zero attached hydrogens (tertiary/aromatic N) is 1. The van der Waals surface area contributed by atoms with Gasteiger partial charge in [-0.25, -0.2) is 4.98 Å². The Morgan fingerprint density at radius 1 is 1.50 bits per heavy atom. The molecule has 0 aromatic carbocycles. The molecule has 1 N–H and O–H groups in total. The molecular weight excluding hydrogens is 390 g/mol. The van der Waals surface area contributed by atoms with Gasteiger partial charge in [0.05, 0.1) is 4.47 Å². The maximum atomic E-state index is 9.07.